The van der Waals surface area contributed by atoms with E-state index in [1.165, 1.54) is 7.11 Å². The maximum atomic E-state index is 11.7. The highest BCUT2D eigenvalue weighted by molar-refractivity contribution is 6.02. The monoisotopic (exact) mass is 272 g/mol. The molecular formula is C12H17ClN2O3. The third-order valence-corrected chi connectivity index (χ3v) is 2.42. The molecule has 0 aliphatic heterocycles. The highest BCUT2D eigenvalue weighted by Crippen LogP contribution is 2.16. The Bertz CT molecular complexity index is 424. The van der Waals surface area contributed by atoms with Crippen molar-refractivity contribution in [3.8, 4) is 0 Å². The van der Waals surface area contributed by atoms with Crippen molar-refractivity contribution in [1.82, 2.24) is 5.32 Å². The van der Waals surface area contributed by atoms with Crippen LogP contribution in [0.1, 0.15) is 17.3 Å². The van der Waals surface area contributed by atoms with Crippen molar-refractivity contribution in [2.24, 2.45) is 0 Å². The second-order valence-electron chi connectivity index (χ2n) is 3.54. The summed E-state index contributed by atoms with van der Waals surface area (Å²) in [5, 5.41) is 5.49. The van der Waals surface area contributed by atoms with Crippen LogP contribution in [0.25, 0.3) is 0 Å². The van der Waals surface area contributed by atoms with E-state index in [0.717, 1.165) is 0 Å². The number of hydrogen-bond acceptors (Lipinski definition) is 4. The molecule has 0 fully saturated rings. The molecule has 0 spiro atoms. The van der Waals surface area contributed by atoms with Gasteiger partial charge in [0.15, 0.2) is 0 Å². The van der Waals surface area contributed by atoms with Crippen LogP contribution in [0.2, 0.25) is 0 Å². The molecular weight excluding hydrogens is 256 g/mol. The predicted octanol–water partition coefficient (Wildman–Crippen LogP) is 1.44. The molecule has 1 rings (SSSR count). The van der Waals surface area contributed by atoms with Gasteiger partial charge in [-0.15, -0.1) is 12.4 Å². The summed E-state index contributed by atoms with van der Waals surface area (Å²) in [6.45, 7) is 1.73. The number of amides is 1. The molecule has 1 aromatic rings. The van der Waals surface area contributed by atoms with Gasteiger partial charge >= 0.3 is 5.97 Å². The summed E-state index contributed by atoms with van der Waals surface area (Å²) in [6, 6.07) is 6.38. The zero-order chi connectivity index (χ0) is 12.8. The first kappa shape index (κ1) is 16.4. The van der Waals surface area contributed by atoms with Crippen LogP contribution < -0.4 is 10.6 Å². The molecule has 0 saturated carbocycles. The summed E-state index contributed by atoms with van der Waals surface area (Å²) in [6.07, 6.45) is 0. The Morgan fingerprint density at radius 2 is 1.89 bits per heavy atom. The zero-order valence-electron chi connectivity index (χ0n) is 10.5. The quantitative estimate of drug-likeness (QED) is 0.814. The van der Waals surface area contributed by atoms with Crippen LogP contribution in [-0.2, 0) is 9.53 Å². The fourth-order valence-corrected chi connectivity index (χ4v) is 1.25. The van der Waals surface area contributed by atoms with Gasteiger partial charge in [-0.3, -0.25) is 4.79 Å². The lowest BCUT2D eigenvalue weighted by Crippen LogP contribution is -2.35. The van der Waals surface area contributed by atoms with Gasteiger partial charge in [-0.1, -0.05) is 12.1 Å². The van der Waals surface area contributed by atoms with E-state index in [4.69, 9.17) is 0 Å². The van der Waals surface area contributed by atoms with Crippen molar-refractivity contribution < 1.29 is 14.3 Å². The molecule has 1 amide bonds. The normalized spacial score (nSPS) is 11.1. The highest BCUT2D eigenvalue weighted by Gasteiger charge is 2.15. The molecule has 0 aliphatic carbocycles. The number of anilines is 1. The van der Waals surface area contributed by atoms with Gasteiger partial charge in [0.25, 0.3) is 0 Å². The molecule has 2 N–H and O–H groups in total. The highest BCUT2D eigenvalue weighted by atomic mass is 35.5. The smallest absolute Gasteiger partial charge is 0.339 e. The van der Waals surface area contributed by atoms with E-state index in [0.29, 0.717) is 11.3 Å². The van der Waals surface area contributed by atoms with Gasteiger partial charge in [0.1, 0.15) is 0 Å². The summed E-state index contributed by atoms with van der Waals surface area (Å²) in [4.78, 5) is 23.1. The summed E-state index contributed by atoms with van der Waals surface area (Å²) in [5.74, 6) is -0.679. The standard InChI is InChI=1S/C12H16N2O3.ClH/c1-8(13-2)11(15)14-10-7-5-4-6-9(10)12(16)17-3;/h4-8,13H,1-3H3,(H,14,15);1H. The van der Waals surface area contributed by atoms with Crippen molar-refractivity contribution >= 4 is 30.0 Å². The van der Waals surface area contributed by atoms with Gasteiger partial charge in [0.2, 0.25) is 5.91 Å². The zero-order valence-corrected chi connectivity index (χ0v) is 11.3. The maximum Gasteiger partial charge on any atom is 0.339 e. The van der Waals surface area contributed by atoms with Gasteiger partial charge in [0.05, 0.1) is 24.4 Å². The van der Waals surface area contributed by atoms with E-state index in [-0.39, 0.29) is 24.4 Å². The van der Waals surface area contributed by atoms with E-state index in [2.05, 4.69) is 15.4 Å². The van der Waals surface area contributed by atoms with Crippen molar-refractivity contribution in [2.75, 3.05) is 19.5 Å². The molecule has 1 aromatic carbocycles. The second-order valence-corrected chi connectivity index (χ2v) is 3.54. The summed E-state index contributed by atoms with van der Waals surface area (Å²) in [7, 11) is 2.99. The van der Waals surface area contributed by atoms with E-state index in [9.17, 15) is 9.59 Å². The topological polar surface area (TPSA) is 67.4 Å². The minimum Gasteiger partial charge on any atom is -0.465 e. The van der Waals surface area contributed by atoms with Gasteiger partial charge in [0, 0.05) is 0 Å². The lowest BCUT2D eigenvalue weighted by atomic mass is 10.1. The molecule has 18 heavy (non-hydrogen) atoms. The molecule has 0 aliphatic rings. The number of para-hydroxylation sites is 1. The van der Waals surface area contributed by atoms with Crippen LogP contribution in [0.4, 0.5) is 5.69 Å². The average molecular weight is 273 g/mol. The summed E-state index contributed by atoms with van der Waals surface area (Å²) in [5.41, 5.74) is 0.790. The first-order valence-corrected chi connectivity index (χ1v) is 5.25. The Balaban J connectivity index is 0.00000289. The Kier molecular flexibility index (Phi) is 7.00. The largest absolute Gasteiger partial charge is 0.465 e. The third-order valence-electron chi connectivity index (χ3n) is 2.42. The predicted molar refractivity (Wildman–Crippen MR) is 72.2 cm³/mol. The Labute approximate surface area is 112 Å². The number of halogens is 1. The molecule has 0 aromatic heterocycles. The van der Waals surface area contributed by atoms with Crippen molar-refractivity contribution in [1.29, 1.82) is 0 Å². The van der Waals surface area contributed by atoms with E-state index >= 15 is 0 Å². The SMILES string of the molecule is CNC(C)C(=O)Nc1ccccc1C(=O)OC.Cl. The number of esters is 1. The summed E-state index contributed by atoms with van der Waals surface area (Å²) >= 11 is 0. The van der Waals surface area contributed by atoms with Gasteiger partial charge < -0.3 is 15.4 Å². The van der Waals surface area contributed by atoms with Gasteiger partial charge in [-0.05, 0) is 26.1 Å². The Morgan fingerprint density at radius 1 is 1.28 bits per heavy atom. The molecule has 100 valence electrons. The minimum absolute atomic E-state index is 0. The lowest BCUT2D eigenvalue weighted by Gasteiger charge is -2.13. The van der Waals surface area contributed by atoms with Crippen LogP contribution >= 0.6 is 12.4 Å². The number of hydrogen-bond donors (Lipinski definition) is 2. The molecule has 0 saturated heterocycles. The fraction of sp³-hybridized carbons (Fsp3) is 0.333. The molecule has 5 nitrogen and oxygen atoms in total. The van der Waals surface area contributed by atoms with Crippen LogP contribution in [0.5, 0.6) is 0 Å². The van der Waals surface area contributed by atoms with Crippen LogP contribution in [0, 0.1) is 0 Å². The van der Waals surface area contributed by atoms with Gasteiger partial charge in [-0.2, -0.15) is 0 Å². The maximum absolute atomic E-state index is 11.7. The minimum atomic E-state index is -0.474. The third kappa shape index (κ3) is 4.01. The van der Waals surface area contributed by atoms with Crippen LogP contribution in [0.15, 0.2) is 24.3 Å². The van der Waals surface area contributed by atoms with Crippen LogP contribution in [0.3, 0.4) is 0 Å². The van der Waals surface area contributed by atoms with Crippen LogP contribution in [-0.4, -0.2) is 32.1 Å². The number of carbonyl (C=O) groups is 2. The van der Waals surface area contributed by atoms with Crippen molar-refractivity contribution in [3.63, 3.8) is 0 Å². The van der Waals surface area contributed by atoms with E-state index in [1.807, 2.05) is 0 Å². The number of benzene rings is 1. The molecule has 1 unspecified atom stereocenters. The van der Waals surface area contributed by atoms with Gasteiger partial charge in [-0.25, -0.2) is 4.79 Å². The second kappa shape index (κ2) is 7.68. The molecule has 0 radical (unpaired) electrons. The Morgan fingerprint density at radius 3 is 2.44 bits per heavy atom. The number of nitrogens with one attached hydrogen (secondary N) is 2. The van der Waals surface area contributed by atoms with E-state index in [1.54, 1.807) is 38.2 Å². The van der Waals surface area contributed by atoms with E-state index < -0.39 is 5.97 Å². The lowest BCUT2D eigenvalue weighted by molar-refractivity contribution is -0.117. The first-order valence-electron chi connectivity index (χ1n) is 5.25. The molecule has 1 atom stereocenters. The number of ether oxygens (including phenoxy) is 1. The number of carbonyl (C=O) groups excluding carboxylic acids is 2. The first-order chi connectivity index (χ1) is 8.10. The molecule has 6 heteroatoms. The number of likely N-dealkylation sites (N-methyl/N-ethyl adjacent to an activating group) is 1. The van der Waals surface area contributed by atoms with Crippen molar-refractivity contribution in [3.05, 3.63) is 29.8 Å². The number of rotatable bonds is 4. The molecule has 0 bridgehead atoms. The number of methoxy groups -OCH3 is 1. The Hall–Kier alpha value is -1.59. The summed E-state index contributed by atoms with van der Waals surface area (Å²) < 4.78 is 4.64. The van der Waals surface area contributed by atoms with Crippen molar-refractivity contribution in [2.45, 2.75) is 13.0 Å². The fourth-order valence-electron chi connectivity index (χ4n) is 1.25. The average Bonchev–Trinajstić information content (AvgIpc) is 2.37. The molecule has 0 heterocycles.